The van der Waals surface area contributed by atoms with Gasteiger partial charge in [0.25, 0.3) is 0 Å². The van der Waals surface area contributed by atoms with Gasteiger partial charge in [-0.25, -0.2) is 17.6 Å². The molecule has 1 aliphatic heterocycles. The zero-order valence-corrected chi connectivity index (χ0v) is 12.8. The maximum atomic E-state index is 14.1. The second kappa shape index (κ2) is 5.61. The third-order valence-corrected chi connectivity index (χ3v) is 5.37. The summed E-state index contributed by atoms with van der Waals surface area (Å²) < 4.78 is 39.6. The minimum atomic E-state index is -4.37. The van der Waals surface area contributed by atoms with Gasteiger partial charge < -0.3 is 15.3 Å². The molecule has 21 heavy (non-hydrogen) atoms. The number of carbonyl (C=O) groups is 1. The molecule has 1 aromatic carbocycles. The standard InChI is InChI=1S/C11H11BrFNO6S/c12-5-1-6(11(17)18)10(13)9(2-5)21(19,20)14-3-7(15)8(16)4-14/h1-2,7-8,15-16H,3-4H2,(H,17,18)/t7-,8+. The average molecular weight is 384 g/mol. The number of sulfonamides is 1. The number of halogens is 2. The molecule has 1 heterocycles. The van der Waals surface area contributed by atoms with Crippen molar-refractivity contribution in [2.45, 2.75) is 17.1 Å². The molecular formula is C11H11BrFNO6S. The highest BCUT2D eigenvalue weighted by Crippen LogP contribution is 2.28. The first kappa shape index (κ1) is 16.3. The van der Waals surface area contributed by atoms with E-state index in [4.69, 9.17) is 5.11 Å². The number of nitrogens with zero attached hydrogens (tertiary/aromatic N) is 1. The number of rotatable bonds is 3. The molecule has 0 amide bonds. The number of benzene rings is 1. The fourth-order valence-corrected chi connectivity index (χ4v) is 4.18. The highest BCUT2D eigenvalue weighted by atomic mass is 79.9. The van der Waals surface area contributed by atoms with Gasteiger partial charge in [0.15, 0.2) is 5.82 Å². The van der Waals surface area contributed by atoms with Crippen LogP contribution in [-0.4, -0.2) is 59.3 Å². The molecule has 2 atom stereocenters. The average Bonchev–Trinajstić information content (AvgIpc) is 2.72. The molecule has 116 valence electrons. The van der Waals surface area contributed by atoms with Gasteiger partial charge in [-0.1, -0.05) is 15.9 Å². The van der Waals surface area contributed by atoms with E-state index >= 15 is 0 Å². The number of carboxylic acid groups (broad SMARTS) is 1. The van der Waals surface area contributed by atoms with Crippen molar-refractivity contribution in [2.75, 3.05) is 13.1 Å². The van der Waals surface area contributed by atoms with Crippen molar-refractivity contribution >= 4 is 31.9 Å². The molecule has 1 aliphatic rings. The SMILES string of the molecule is O=C(O)c1cc(Br)cc(S(=O)(=O)N2C[C@@H](O)[C@@H](O)C2)c1F. The number of β-amino-alcohol motifs (C(OH)–C–C–N with tert-alkyl or cyclic N) is 2. The van der Waals surface area contributed by atoms with Crippen molar-refractivity contribution in [1.82, 2.24) is 4.31 Å². The molecule has 0 radical (unpaired) electrons. The lowest BCUT2D eigenvalue weighted by Gasteiger charge is -2.17. The summed E-state index contributed by atoms with van der Waals surface area (Å²) in [6.07, 6.45) is -2.54. The summed E-state index contributed by atoms with van der Waals surface area (Å²) in [5, 5.41) is 27.7. The van der Waals surface area contributed by atoms with Gasteiger partial charge in [-0.2, -0.15) is 4.31 Å². The molecule has 0 aliphatic carbocycles. The molecule has 1 aromatic rings. The van der Waals surface area contributed by atoms with Crippen LogP contribution in [0.5, 0.6) is 0 Å². The molecule has 3 N–H and O–H groups in total. The number of hydrogen-bond acceptors (Lipinski definition) is 5. The van der Waals surface area contributed by atoms with E-state index < -0.39 is 57.6 Å². The van der Waals surface area contributed by atoms with E-state index in [-0.39, 0.29) is 4.47 Å². The van der Waals surface area contributed by atoms with Gasteiger partial charge in [-0.05, 0) is 12.1 Å². The van der Waals surface area contributed by atoms with Gasteiger partial charge in [0.1, 0.15) is 4.90 Å². The molecule has 2 rings (SSSR count). The summed E-state index contributed by atoms with van der Waals surface area (Å²) in [6, 6.07) is 1.89. The highest BCUT2D eigenvalue weighted by Gasteiger charge is 2.39. The minimum absolute atomic E-state index is 0.0835. The van der Waals surface area contributed by atoms with Gasteiger partial charge >= 0.3 is 5.97 Å². The Kier molecular flexibility index (Phi) is 4.36. The van der Waals surface area contributed by atoms with E-state index in [0.717, 1.165) is 12.1 Å². The van der Waals surface area contributed by atoms with Crippen LogP contribution in [0.25, 0.3) is 0 Å². The van der Waals surface area contributed by atoms with E-state index in [9.17, 15) is 27.8 Å². The van der Waals surface area contributed by atoms with Gasteiger partial charge in [0, 0.05) is 17.6 Å². The van der Waals surface area contributed by atoms with E-state index in [0.29, 0.717) is 4.31 Å². The Hall–Kier alpha value is -1.07. The smallest absolute Gasteiger partial charge is 0.338 e. The predicted octanol–water partition coefficient (Wildman–Crippen LogP) is 0.0125. The van der Waals surface area contributed by atoms with Crippen LogP contribution in [0, 0.1) is 5.82 Å². The third-order valence-electron chi connectivity index (χ3n) is 3.08. The number of aliphatic hydroxyl groups is 2. The normalized spacial score (nSPS) is 23.4. The first-order chi connectivity index (χ1) is 9.64. The Balaban J connectivity index is 2.53. The van der Waals surface area contributed by atoms with Gasteiger partial charge in [-0.3, -0.25) is 0 Å². The summed E-state index contributed by atoms with van der Waals surface area (Å²) in [5.74, 6) is -2.99. The first-order valence-electron chi connectivity index (χ1n) is 5.73. The number of aliphatic hydroxyl groups excluding tert-OH is 2. The van der Waals surface area contributed by atoms with Crippen LogP contribution < -0.4 is 0 Å². The Morgan fingerprint density at radius 1 is 1.29 bits per heavy atom. The van der Waals surface area contributed by atoms with E-state index in [1.54, 1.807) is 0 Å². The maximum absolute atomic E-state index is 14.1. The van der Waals surface area contributed by atoms with Crippen LogP contribution in [0.2, 0.25) is 0 Å². The molecule has 0 unspecified atom stereocenters. The van der Waals surface area contributed by atoms with Crippen molar-refractivity contribution in [3.8, 4) is 0 Å². The molecule has 0 spiro atoms. The Bertz CT molecular complexity index is 684. The minimum Gasteiger partial charge on any atom is -0.478 e. The van der Waals surface area contributed by atoms with Crippen LogP contribution in [-0.2, 0) is 10.0 Å². The van der Waals surface area contributed by atoms with Crippen molar-refractivity contribution < 1.29 is 32.9 Å². The predicted molar refractivity (Wildman–Crippen MR) is 71.8 cm³/mol. The van der Waals surface area contributed by atoms with E-state index in [1.165, 1.54) is 0 Å². The van der Waals surface area contributed by atoms with Crippen LogP contribution in [0.3, 0.4) is 0 Å². The summed E-state index contributed by atoms with van der Waals surface area (Å²) in [5.41, 5.74) is -0.789. The number of carboxylic acids is 1. The lowest BCUT2D eigenvalue weighted by Crippen LogP contribution is -2.31. The van der Waals surface area contributed by atoms with Crippen LogP contribution in [0.15, 0.2) is 21.5 Å². The topological polar surface area (TPSA) is 115 Å². The molecule has 1 saturated heterocycles. The number of aromatic carboxylic acids is 1. The molecule has 0 bridgehead atoms. The van der Waals surface area contributed by atoms with Crippen molar-refractivity contribution in [2.24, 2.45) is 0 Å². The van der Waals surface area contributed by atoms with Gasteiger partial charge in [-0.15, -0.1) is 0 Å². The lowest BCUT2D eigenvalue weighted by atomic mass is 10.2. The molecule has 0 aromatic heterocycles. The zero-order chi connectivity index (χ0) is 15.9. The molecule has 1 fully saturated rings. The fourth-order valence-electron chi connectivity index (χ4n) is 1.98. The number of hydrogen-bond donors (Lipinski definition) is 3. The third kappa shape index (κ3) is 2.94. The summed E-state index contributed by atoms with van der Waals surface area (Å²) in [4.78, 5) is 10.1. The van der Waals surface area contributed by atoms with E-state index in [2.05, 4.69) is 15.9 Å². The Labute approximate surface area is 127 Å². The lowest BCUT2D eigenvalue weighted by molar-refractivity contribution is 0.0572. The van der Waals surface area contributed by atoms with Gasteiger partial charge in [0.2, 0.25) is 10.0 Å². The van der Waals surface area contributed by atoms with Crippen molar-refractivity contribution in [3.63, 3.8) is 0 Å². The quantitative estimate of drug-likeness (QED) is 0.677. The Morgan fingerprint density at radius 3 is 2.29 bits per heavy atom. The first-order valence-corrected chi connectivity index (χ1v) is 7.96. The second-order valence-corrected chi connectivity index (χ2v) is 7.35. The molecule has 7 nitrogen and oxygen atoms in total. The van der Waals surface area contributed by atoms with Crippen LogP contribution in [0.1, 0.15) is 10.4 Å². The summed E-state index contributed by atoms with van der Waals surface area (Å²) >= 11 is 2.93. The second-order valence-electron chi connectivity index (χ2n) is 4.53. The van der Waals surface area contributed by atoms with Crippen LogP contribution in [0.4, 0.5) is 4.39 Å². The van der Waals surface area contributed by atoms with Crippen molar-refractivity contribution in [3.05, 3.63) is 28.0 Å². The zero-order valence-electron chi connectivity index (χ0n) is 10.4. The Morgan fingerprint density at radius 2 is 1.81 bits per heavy atom. The summed E-state index contributed by atoms with van der Waals surface area (Å²) in [6.45, 7) is -0.782. The highest BCUT2D eigenvalue weighted by molar-refractivity contribution is 9.10. The molecular weight excluding hydrogens is 373 g/mol. The maximum Gasteiger partial charge on any atom is 0.338 e. The fraction of sp³-hybridized carbons (Fsp3) is 0.364. The van der Waals surface area contributed by atoms with Crippen LogP contribution >= 0.6 is 15.9 Å². The van der Waals surface area contributed by atoms with Gasteiger partial charge in [0.05, 0.1) is 17.8 Å². The van der Waals surface area contributed by atoms with E-state index in [1.807, 2.05) is 0 Å². The molecule has 10 heteroatoms. The van der Waals surface area contributed by atoms with Crippen molar-refractivity contribution in [1.29, 1.82) is 0 Å². The molecule has 0 saturated carbocycles. The largest absolute Gasteiger partial charge is 0.478 e. The summed E-state index contributed by atoms with van der Waals surface area (Å²) in [7, 11) is -4.37. The monoisotopic (exact) mass is 383 g/mol.